The zero-order valence-electron chi connectivity index (χ0n) is 14.3. The summed E-state index contributed by atoms with van der Waals surface area (Å²) in [6.07, 6.45) is 7.84. The number of nitrogens with one attached hydrogen (secondary N) is 1. The van der Waals surface area contributed by atoms with Gasteiger partial charge in [-0.2, -0.15) is 0 Å². The Morgan fingerprint density at radius 3 is 2.52 bits per heavy atom. The van der Waals surface area contributed by atoms with Crippen molar-refractivity contribution in [1.82, 2.24) is 10.2 Å². The number of hydrogen-bond acceptors (Lipinski definition) is 3. The first kappa shape index (κ1) is 18.4. The topological polar surface area (TPSA) is 58.4 Å². The van der Waals surface area contributed by atoms with Gasteiger partial charge in [0.25, 0.3) is 0 Å². The molecule has 0 spiro atoms. The van der Waals surface area contributed by atoms with Gasteiger partial charge in [0.2, 0.25) is 5.91 Å². The van der Waals surface area contributed by atoms with E-state index in [2.05, 4.69) is 31.0 Å². The molecule has 2 unspecified atom stereocenters. The maximum Gasteiger partial charge on any atom is 0.237 e. The SMILES string of the molecule is CCCC1CCCC(NCCN(CC)CC)(C(N)=O)CC1. The average Bonchev–Trinajstić information content (AvgIpc) is 2.68. The number of amides is 1. The molecule has 124 valence electrons. The monoisotopic (exact) mass is 297 g/mol. The Bertz CT molecular complexity index is 304. The number of carbonyl (C=O) groups excluding carboxylic acids is 1. The number of rotatable bonds is 9. The first-order valence-corrected chi connectivity index (χ1v) is 8.85. The lowest BCUT2D eigenvalue weighted by atomic mass is 9.88. The van der Waals surface area contributed by atoms with E-state index in [1.807, 2.05) is 0 Å². The minimum Gasteiger partial charge on any atom is -0.368 e. The molecule has 0 radical (unpaired) electrons. The van der Waals surface area contributed by atoms with E-state index in [9.17, 15) is 4.79 Å². The van der Waals surface area contributed by atoms with Crippen LogP contribution in [0.4, 0.5) is 0 Å². The van der Waals surface area contributed by atoms with E-state index < -0.39 is 5.54 Å². The van der Waals surface area contributed by atoms with Crippen molar-refractivity contribution in [3.8, 4) is 0 Å². The van der Waals surface area contributed by atoms with Gasteiger partial charge >= 0.3 is 0 Å². The van der Waals surface area contributed by atoms with Crippen LogP contribution in [0.5, 0.6) is 0 Å². The molecule has 0 aromatic carbocycles. The Labute approximate surface area is 130 Å². The highest BCUT2D eigenvalue weighted by molar-refractivity contribution is 5.84. The first-order chi connectivity index (χ1) is 10.1. The van der Waals surface area contributed by atoms with Crippen LogP contribution in [0.25, 0.3) is 0 Å². The molecule has 2 atom stereocenters. The molecule has 0 heterocycles. The number of primary amides is 1. The van der Waals surface area contributed by atoms with Crippen molar-refractivity contribution in [1.29, 1.82) is 0 Å². The van der Waals surface area contributed by atoms with Crippen LogP contribution in [0.3, 0.4) is 0 Å². The summed E-state index contributed by atoms with van der Waals surface area (Å²) >= 11 is 0. The molecule has 21 heavy (non-hydrogen) atoms. The maximum absolute atomic E-state index is 12.1. The summed E-state index contributed by atoms with van der Waals surface area (Å²) in [7, 11) is 0. The molecule has 1 fully saturated rings. The van der Waals surface area contributed by atoms with E-state index in [4.69, 9.17) is 5.73 Å². The van der Waals surface area contributed by atoms with Crippen molar-refractivity contribution in [2.24, 2.45) is 11.7 Å². The lowest BCUT2D eigenvalue weighted by Crippen LogP contribution is -2.56. The molecule has 1 aliphatic rings. The minimum atomic E-state index is -0.463. The fraction of sp³-hybridized carbons (Fsp3) is 0.941. The summed E-state index contributed by atoms with van der Waals surface area (Å²) in [5.41, 5.74) is 5.30. The number of hydrogen-bond donors (Lipinski definition) is 2. The van der Waals surface area contributed by atoms with Gasteiger partial charge in [0.15, 0.2) is 0 Å². The predicted octanol–water partition coefficient (Wildman–Crippen LogP) is 2.52. The fourth-order valence-corrected chi connectivity index (χ4v) is 3.61. The highest BCUT2D eigenvalue weighted by atomic mass is 16.1. The van der Waals surface area contributed by atoms with Gasteiger partial charge in [0.1, 0.15) is 0 Å². The largest absolute Gasteiger partial charge is 0.368 e. The Kier molecular flexibility index (Phi) is 8.27. The number of nitrogens with two attached hydrogens (primary N) is 1. The Morgan fingerprint density at radius 2 is 1.95 bits per heavy atom. The number of likely N-dealkylation sites (N-methyl/N-ethyl adjacent to an activating group) is 1. The van der Waals surface area contributed by atoms with E-state index in [0.717, 1.165) is 57.8 Å². The van der Waals surface area contributed by atoms with E-state index in [0.29, 0.717) is 0 Å². The molecule has 0 bridgehead atoms. The second-order valence-corrected chi connectivity index (χ2v) is 6.49. The van der Waals surface area contributed by atoms with Crippen molar-refractivity contribution >= 4 is 5.91 Å². The van der Waals surface area contributed by atoms with Crippen LogP contribution in [-0.2, 0) is 4.79 Å². The molecular weight excluding hydrogens is 262 g/mol. The van der Waals surface area contributed by atoms with Crippen LogP contribution < -0.4 is 11.1 Å². The van der Waals surface area contributed by atoms with E-state index in [1.54, 1.807) is 0 Å². The van der Waals surface area contributed by atoms with Crippen molar-refractivity contribution in [2.45, 2.75) is 71.3 Å². The molecule has 1 aliphatic carbocycles. The number of carbonyl (C=O) groups is 1. The van der Waals surface area contributed by atoms with Gasteiger partial charge in [0, 0.05) is 13.1 Å². The molecule has 4 heteroatoms. The Balaban J connectivity index is 2.56. The van der Waals surface area contributed by atoms with Crippen LogP contribution in [0.1, 0.15) is 65.7 Å². The predicted molar refractivity (Wildman–Crippen MR) is 89.2 cm³/mol. The van der Waals surface area contributed by atoms with Crippen molar-refractivity contribution in [2.75, 3.05) is 26.2 Å². The second-order valence-electron chi connectivity index (χ2n) is 6.49. The molecule has 1 saturated carbocycles. The van der Waals surface area contributed by atoms with Gasteiger partial charge in [0.05, 0.1) is 5.54 Å². The van der Waals surface area contributed by atoms with Crippen molar-refractivity contribution in [3.05, 3.63) is 0 Å². The molecule has 1 rings (SSSR count). The zero-order chi connectivity index (χ0) is 15.7. The van der Waals surface area contributed by atoms with Crippen molar-refractivity contribution < 1.29 is 4.79 Å². The van der Waals surface area contributed by atoms with Crippen LogP contribution in [0.15, 0.2) is 0 Å². The quantitative estimate of drug-likeness (QED) is 0.643. The van der Waals surface area contributed by atoms with Gasteiger partial charge < -0.3 is 16.0 Å². The van der Waals surface area contributed by atoms with Gasteiger partial charge in [-0.25, -0.2) is 0 Å². The van der Waals surface area contributed by atoms with Crippen LogP contribution in [0.2, 0.25) is 0 Å². The third kappa shape index (κ3) is 5.59. The molecule has 4 nitrogen and oxygen atoms in total. The van der Waals surface area contributed by atoms with Gasteiger partial charge in [-0.15, -0.1) is 0 Å². The average molecular weight is 297 g/mol. The molecule has 0 aliphatic heterocycles. The molecule has 0 aromatic heterocycles. The van der Waals surface area contributed by atoms with E-state index >= 15 is 0 Å². The fourth-order valence-electron chi connectivity index (χ4n) is 3.61. The van der Waals surface area contributed by atoms with E-state index in [-0.39, 0.29) is 5.91 Å². The lowest BCUT2D eigenvalue weighted by molar-refractivity contribution is -0.125. The summed E-state index contributed by atoms with van der Waals surface area (Å²) in [6, 6.07) is 0. The molecular formula is C17H35N3O. The minimum absolute atomic E-state index is 0.154. The van der Waals surface area contributed by atoms with E-state index in [1.165, 1.54) is 19.3 Å². The van der Waals surface area contributed by atoms with Crippen molar-refractivity contribution in [3.63, 3.8) is 0 Å². The van der Waals surface area contributed by atoms with Crippen LogP contribution in [-0.4, -0.2) is 42.5 Å². The summed E-state index contributed by atoms with van der Waals surface area (Å²) in [6.45, 7) is 10.5. The van der Waals surface area contributed by atoms with Crippen LogP contribution >= 0.6 is 0 Å². The first-order valence-electron chi connectivity index (χ1n) is 8.85. The highest BCUT2D eigenvalue weighted by Crippen LogP contribution is 2.32. The van der Waals surface area contributed by atoms with Crippen LogP contribution in [0, 0.1) is 5.92 Å². The lowest BCUT2D eigenvalue weighted by Gasteiger charge is -2.32. The Morgan fingerprint density at radius 1 is 1.24 bits per heavy atom. The summed E-state index contributed by atoms with van der Waals surface area (Å²) in [5.74, 6) is 0.625. The van der Waals surface area contributed by atoms with Gasteiger partial charge in [-0.3, -0.25) is 4.79 Å². The number of nitrogens with zero attached hydrogens (tertiary/aromatic N) is 1. The summed E-state index contributed by atoms with van der Waals surface area (Å²) in [5, 5.41) is 3.52. The summed E-state index contributed by atoms with van der Waals surface area (Å²) in [4.78, 5) is 14.4. The molecule has 0 aromatic rings. The third-order valence-electron chi connectivity index (χ3n) is 5.15. The third-order valence-corrected chi connectivity index (χ3v) is 5.15. The molecule has 0 saturated heterocycles. The smallest absolute Gasteiger partial charge is 0.237 e. The second kappa shape index (κ2) is 9.42. The standard InChI is InChI=1S/C17H35N3O/c1-4-8-15-9-7-11-17(12-10-15,16(18)21)19-13-14-20(5-2)6-3/h15,19H,4-14H2,1-3H3,(H2,18,21). The normalized spacial score (nSPS) is 26.8. The zero-order valence-corrected chi connectivity index (χ0v) is 14.3. The van der Waals surface area contributed by atoms with Gasteiger partial charge in [-0.05, 0) is 38.3 Å². The summed E-state index contributed by atoms with van der Waals surface area (Å²) < 4.78 is 0. The molecule has 3 N–H and O–H groups in total. The Hall–Kier alpha value is -0.610. The molecule has 1 amide bonds. The highest BCUT2D eigenvalue weighted by Gasteiger charge is 2.37. The van der Waals surface area contributed by atoms with Gasteiger partial charge in [-0.1, -0.05) is 46.5 Å². The maximum atomic E-state index is 12.1.